The summed E-state index contributed by atoms with van der Waals surface area (Å²) in [6, 6.07) is 18.6. The highest BCUT2D eigenvalue weighted by Crippen LogP contribution is 2.44. The number of benzene rings is 3. The zero-order valence-corrected chi connectivity index (χ0v) is 17.2. The predicted molar refractivity (Wildman–Crippen MR) is 117 cm³/mol. The van der Waals surface area contributed by atoms with Crippen molar-refractivity contribution >= 4 is 34.7 Å². The first-order valence-corrected chi connectivity index (χ1v) is 9.79. The van der Waals surface area contributed by atoms with Crippen LogP contribution in [0.15, 0.2) is 78.4 Å². The van der Waals surface area contributed by atoms with Crippen molar-refractivity contribution in [3.8, 4) is 11.5 Å². The van der Waals surface area contributed by atoms with Crippen molar-refractivity contribution in [3.05, 3.63) is 94.5 Å². The van der Waals surface area contributed by atoms with Crippen LogP contribution in [0.4, 0.5) is 5.69 Å². The van der Waals surface area contributed by atoms with Gasteiger partial charge in [-0.2, -0.15) is 0 Å². The van der Waals surface area contributed by atoms with Gasteiger partial charge in [-0.15, -0.1) is 0 Å². The number of hydrogen-bond donors (Lipinski definition) is 2. The van der Waals surface area contributed by atoms with Crippen LogP contribution < -0.4 is 9.64 Å². The van der Waals surface area contributed by atoms with Crippen LogP contribution in [0.1, 0.15) is 17.2 Å². The second kappa shape index (κ2) is 8.16. The summed E-state index contributed by atoms with van der Waals surface area (Å²) in [5.74, 6) is -1.85. The Morgan fingerprint density at radius 3 is 2.39 bits per heavy atom. The molecule has 1 unspecified atom stereocenters. The molecule has 0 radical (unpaired) electrons. The second-order valence-corrected chi connectivity index (χ2v) is 7.38. The van der Waals surface area contributed by atoms with Gasteiger partial charge in [-0.25, -0.2) is 0 Å². The summed E-state index contributed by atoms with van der Waals surface area (Å²) in [5.41, 5.74) is 1.13. The molecule has 3 aromatic rings. The maximum Gasteiger partial charge on any atom is 0.300 e. The van der Waals surface area contributed by atoms with Crippen LogP contribution in [-0.4, -0.2) is 29.0 Å². The molecule has 3 aromatic carbocycles. The van der Waals surface area contributed by atoms with Gasteiger partial charge in [0.15, 0.2) is 11.5 Å². The molecule has 1 aliphatic rings. The van der Waals surface area contributed by atoms with E-state index in [1.807, 2.05) is 0 Å². The van der Waals surface area contributed by atoms with E-state index in [2.05, 4.69) is 0 Å². The number of nitrogens with zero attached hydrogens (tertiary/aromatic N) is 1. The molecule has 0 spiro atoms. The molecule has 1 aliphatic heterocycles. The summed E-state index contributed by atoms with van der Waals surface area (Å²) in [4.78, 5) is 27.4. The van der Waals surface area contributed by atoms with Gasteiger partial charge in [0, 0.05) is 16.3 Å². The highest BCUT2D eigenvalue weighted by atomic mass is 35.5. The number of hydrogen-bond acceptors (Lipinski definition) is 5. The molecule has 4 rings (SSSR count). The van der Waals surface area contributed by atoms with Crippen molar-refractivity contribution in [3.63, 3.8) is 0 Å². The van der Waals surface area contributed by atoms with Crippen LogP contribution in [0.2, 0.25) is 5.02 Å². The highest BCUT2D eigenvalue weighted by molar-refractivity contribution is 6.51. The fourth-order valence-corrected chi connectivity index (χ4v) is 3.85. The van der Waals surface area contributed by atoms with Crippen LogP contribution in [0.3, 0.4) is 0 Å². The summed E-state index contributed by atoms with van der Waals surface area (Å²) in [7, 11) is 1.42. The minimum Gasteiger partial charge on any atom is -0.507 e. The predicted octanol–water partition coefficient (Wildman–Crippen LogP) is 4.68. The van der Waals surface area contributed by atoms with Crippen molar-refractivity contribution < 1.29 is 24.5 Å². The largest absolute Gasteiger partial charge is 0.507 e. The Bertz CT molecular complexity index is 1210. The lowest BCUT2D eigenvalue weighted by Crippen LogP contribution is -2.29. The van der Waals surface area contributed by atoms with Crippen LogP contribution in [0, 0.1) is 0 Å². The smallest absolute Gasteiger partial charge is 0.300 e. The van der Waals surface area contributed by atoms with Gasteiger partial charge in [0.25, 0.3) is 11.7 Å². The number of rotatable bonds is 4. The molecule has 6 nitrogen and oxygen atoms in total. The number of aliphatic hydroxyl groups excluding tert-OH is 1. The number of phenolic OH excluding ortho intramolecular Hbond substituents is 1. The number of aromatic hydroxyl groups is 1. The third kappa shape index (κ3) is 3.62. The first kappa shape index (κ1) is 20.5. The number of phenols is 1. The Labute approximate surface area is 183 Å². The van der Waals surface area contributed by atoms with E-state index in [1.54, 1.807) is 60.7 Å². The molecule has 1 amide bonds. The lowest BCUT2D eigenvalue weighted by molar-refractivity contribution is -0.132. The number of methoxy groups -OCH3 is 1. The molecule has 7 heteroatoms. The number of ketones is 1. The Balaban J connectivity index is 1.97. The fraction of sp³-hybridized carbons (Fsp3) is 0.0833. The zero-order chi connectivity index (χ0) is 22.1. The van der Waals surface area contributed by atoms with Crippen molar-refractivity contribution in [1.29, 1.82) is 0 Å². The normalized spacial score (nSPS) is 17.7. The van der Waals surface area contributed by atoms with Gasteiger partial charge < -0.3 is 14.9 Å². The molecule has 156 valence electrons. The van der Waals surface area contributed by atoms with Crippen molar-refractivity contribution in [2.24, 2.45) is 0 Å². The minimum absolute atomic E-state index is 0.0826. The van der Waals surface area contributed by atoms with Gasteiger partial charge in [0.05, 0.1) is 18.7 Å². The van der Waals surface area contributed by atoms with Crippen molar-refractivity contribution in [1.82, 2.24) is 0 Å². The topological polar surface area (TPSA) is 87.1 Å². The first-order valence-electron chi connectivity index (χ1n) is 9.41. The average Bonchev–Trinajstić information content (AvgIpc) is 3.04. The summed E-state index contributed by atoms with van der Waals surface area (Å²) in [6.45, 7) is 0. The molecule has 1 fully saturated rings. The zero-order valence-electron chi connectivity index (χ0n) is 16.4. The van der Waals surface area contributed by atoms with E-state index in [-0.39, 0.29) is 22.8 Å². The molecule has 0 aromatic heterocycles. The second-order valence-electron chi connectivity index (χ2n) is 6.95. The minimum atomic E-state index is -0.976. The number of aliphatic hydroxyl groups is 1. The summed E-state index contributed by atoms with van der Waals surface area (Å²) >= 11 is 6.12. The summed E-state index contributed by atoms with van der Waals surface area (Å²) in [6.07, 6.45) is 0. The lowest BCUT2D eigenvalue weighted by Gasteiger charge is -2.26. The maximum atomic E-state index is 13.1. The van der Waals surface area contributed by atoms with Crippen LogP contribution in [0.25, 0.3) is 5.76 Å². The van der Waals surface area contributed by atoms with Crippen LogP contribution in [-0.2, 0) is 9.59 Å². The third-order valence-electron chi connectivity index (χ3n) is 5.10. The standard InChI is InChI=1S/C24H18ClNO5/c1-31-19-11-10-15(12-18(19)27)21-20(22(28)14-6-3-2-4-7-14)23(29)24(30)26(21)17-9-5-8-16(25)13-17/h2-13,21,27-28H,1H3/b22-20-. The molecule has 0 aliphatic carbocycles. The Morgan fingerprint density at radius 1 is 1.00 bits per heavy atom. The highest BCUT2D eigenvalue weighted by Gasteiger charge is 2.47. The molecular formula is C24H18ClNO5. The molecule has 0 saturated carbocycles. The van der Waals surface area contributed by atoms with E-state index >= 15 is 0 Å². The number of Topliss-reactive ketones (excluding diaryl/α,β-unsaturated/α-hetero) is 1. The molecule has 2 N–H and O–H groups in total. The third-order valence-corrected chi connectivity index (χ3v) is 5.33. The SMILES string of the molecule is COc1ccc(C2/C(=C(/O)c3ccccc3)C(=O)C(=O)N2c2cccc(Cl)c2)cc1O. The molecular weight excluding hydrogens is 418 g/mol. The van der Waals surface area contributed by atoms with E-state index < -0.39 is 17.7 Å². The van der Waals surface area contributed by atoms with E-state index in [0.29, 0.717) is 21.8 Å². The number of carbonyl (C=O) groups excluding carboxylic acids is 2. The van der Waals surface area contributed by atoms with E-state index in [1.165, 1.54) is 24.1 Å². The lowest BCUT2D eigenvalue weighted by atomic mass is 9.95. The van der Waals surface area contributed by atoms with E-state index in [4.69, 9.17) is 16.3 Å². The number of carbonyl (C=O) groups is 2. The van der Waals surface area contributed by atoms with Gasteiger partial charge in [-0.1, -0.05) is 54.1 Å². The van der Waals surface area contributed by atoms with E-state index in [9.17, 15) is 19.8 Å². The molecule has 1 atom stereocenters. The van der Waals surface area contributed by atoms with Crippen molar-refractivity contribution in [2.75, 3.05) is 12.0 Å². The van der Waals surface area contributed by atoms with Gasteiger partial charge in [0.1, 0.15) is 5.76 Å². The monoisotopic (exact) mass is 435 g/mol. The molecule has 31 heavy (non-hydrogen) atoms. The summed E-state index contributed by atoms with van der Waals surface area (Å²) < 4.78 is 5.10. The van der Waals surface area contributed by atoms with Gasteiger partial charge in [0.2, 0.25) is 0 Å². The van der Waals surface area contributed by atoms with Gasteiger partial charge in [-0.05, 0) is 35.9 Å². The number of halogens is 1. The summed E-state index contributed by atoms with van der Waals surface area (Å²) in [5, 5.41) is 21.7. The molecule has 1 saturated heterocycles. The average molecular weight is 436 g/mol. The molecule has 1 heterocycles. The Kier molecular flexibility index (Phi) is 5.40. The molecule has 0 bridgehead atoms. The maximum absolute atomic E-state index is 13.1. The van der Waals surface area contributed by atoms with Gasteiger partial charge >= 0.3 is 0 Å². The van der Waals surface area contributed by atoms with E-state index in [0.717, 1.165) is 0 Å². The quantitative estimate of drug-likeness (QED) is 0.353. The van der Waals surface area contributed by atoms with Gasteiger partial charge in [-0.3, -0.25) is 14.5 Å². The van der Waals surface area contributed by atoms with Crippen LogP contribution >= 0.6 is 11.6 Å². The first-order chi connectivity index (χ1) is 14.9. The number of ether oxygens (including phenoxy) is 1. The fourth-order valence-electron chi connectivity index (χ4n) is 3.67. The number of amides is 1. The van der Waals surface area contributed by atoms with Crippen molar-refractivity contribution in [2.45, 2.75) is 6.04 Å². The Morgan fingerprint density at radius 2 is 1.74 bits per heavy atom. The number of anilines is 1. The van der Waals surface area contributed by atoms with Crippen LogP contribution in [0.5, 0.6) is 11.5 Å². The Hall–Kier alpha value is -3.77.